The van der Waals surface area contributed by atoms with E-state index in [1.807, 2.05) is 0 Å². The standard InChI is InChI=1S/C19H12BrFN2O2S/c20-14-8-9-19(18(21)11-14)23-10-4-5-15(23)12-17(13-22)26(24,25)16-6-2-1-3-7-16/h1-12H/b17-12+. The summed E-state index contributed by atoms with van der Waals surface area (Å²) >= 11 is 3.20. The fourth-order valence-electron chi connectivity index (χ4n) is 2.44. The fraction of sp³-hybridized carbons (Fsp3) is 0. The number of benzene rings is 2. The molecule has 0 aliphatic rings. The lowest BCUT2D eigenvalue weighted by atomic mass is 10.3. The molecule has 4 nitrogen and oxygen atoms in total. The molecule has 3 rings (SSSR count). The zero-order chi connectivity index (χ0) is 18.7. The number of sulfone groups is 1. The van der Waals surface area contributed by atoms with Gasteiger partial charge in [0.25, 0.3) is 0 Å². The van der Waals surface area contributed by atoms with Gasteiger partial charge in [0.05, 0.1) is 10.6 Å². The Bertz CT molecular complexity index is 1130. The highest BCUT2D eigenvalue weighted by molar-refractivity contribution is 9.10. The molecule has 0 aliphatic carbocycles. The van der Waals surface area contributed by atoms with Crippen LogP contribution in [-0.2, 0) is 9.84 Å². The van der Waals surface area contributed by atoms with Crippen LogP contribution >= 0.6 is 15.9 Å². The van der Waals surface area contributed by atoms with Crippen molar-refractivity contribution in [2.24, 2.45) is 0 Å². The predicted molar refractivity (Wildman–Crippen MR) is 101 cm³/mol. The summed E-state index contributed by atoms with van der Waals surface area (Å²) in [4.78, 5) is -0.387. The molecule has 0 spiro atoms. The highest BCUT2D eigenvalue weighted by atomic mass is 79.9. The van der Waals surface area contributed by atoms with Gasteiger partial charge in [-0.15, -0.1) is 0 Å². The summed E-state index contributed by atoms with van der Waals surface area (Å²) in [5.41, 5.74) is 0.626. The van der Waals surface area contributed by atoms with Crippen LogP contribution in [0.2, 0.25) is 0 Å². The quantitative estimate of drug-likeness (QED) is 0.562. The van der Waals surface area contributed by atoms with Crippen LogP contribution in [0.5, 0.6) is 0 Å². The van der Waals surface area contributed by atoms with Crippen molar-refractivity contribution in [1.82, 2.24) is 4.57 Å². The Labute approximate surface area is 158 Å². The first-order valence-corrected chi connectivity index (χ1v) is 9.76. The number of allylic oxidation sites excluding steroid dienone is 1. The lowest BCUT2D eigenvalue weighted by molar-refractivity contribution is 0.603. The second-order valence-electron chi connectivity index (χ2n) is 5.34. The predicted octanol–water partition coefficient (Wildman–Crippen LogP) is 4.72. The first kappa shape index (κ1) is 18.1. The van der Waals surface area contributed by atoms with Crippen molar-refractivity contribution in [3.8, 4) is 11.8 Å². The van der Waals surface area contributed by atoms with Crippen LogP contribution in [-0.4, -0.2) is 13.0 Å². The molecule has 0 fully saturated rings. The van der Waals surface area contributed by atoms with E-state index in [4.69, 9.17) is 0 Å². The van der Waals surface area contributed by atoms with Gasteiger partial charge in [0.15, 0.2) is 4.91 Å². The Kier molecular flexibility index (Phi) is 5.07. The number of hydrogen-bond donors (Lipinski definition) is 0. The first-order chi connectivity index (χ1) is 12.4. The SMILES string of the molecule is N#C/C(=C\c1cccn1-c1ccc(Br)cc1F)S(=O)(=O)c1ccccc1. The summed E-state index contributed by atoms with van der Waals surface area (Å²) in [6.07, 6.45) is 2.84. The van der Waals surface area contributed by atoms with Gasteiger partial charge in [-0.1, -0.05) is 34.1 Å². The molecule has 0 aliphatic heterocycles. The van der Waals surface area contributed by atoms with Gasteiger partial charge in [-0.3, -0.25) is 0 Å². The van der Waals surface area contributed by atoms with E-state index in [0.717, 1.165) is 0 Å². The van der Waals surface area contributed by atoms with E-state index in [1.165, 1.54) is 28.8 Å². The third-order valence-electron chi connectivity index (χ3n) is 3.68. The van der Waals surface area contributed by atoms with Crippen LogP contribution in [0.4, 0.5) is 4.39 Å². The fourth-order valence-corrected chi connectivity index (χ4v) is 3.94. The lowest BCUT2D eigenvalue weighted by Crippen LogP contribution is -2.05. The maximum Gasteiger partial charge on any atom is 0.216 e. The first-order valence-electron chi connectivity index (χ1n) is 7.48. The van der Waals surface area contributed by atoms with Crippen molar-refractivity contribution in [2.75, 3.05) is 0 Å². The van der Waals surface area contributed by atoms with Crippen LogP contribution in [0, 0.1) is 17.1 Å². The summed E-state index contributed by atoms with van der Waals surface area (Å²) in [6.45, 7) is 0. The molecule has 0 N–H and O–H groups in total. The van der Waals surface area contributed by atoms with Crippen LogP contribution < -0.4 is 0 Å². The minimum absolute atomic E-state index is 0.0285. The molecule has 26 heavy (non-hydrogen) atoms. The van der Waals surface area contributed by atoms with Crippen LogP contribution in [0.25, 0.3) is 11.8 Å². The Hall–Kier alpha value is -2.69. The summed E-state index contributed by atoms with van der Waals surface area (Å²) in [5.74, 6) is -0.477. The molecule has 2 aromatic carbocycles. The Morgan fingerprint density at radius 1 is 1.12 bits per heavy atom. The molecule has 7 heteroatoms. The van der Waals surface area contributed by atoms with Crippen molar-refractivity contribution in [1.29, 1.82) is 5.26 Å². The molecule has 0 bridgehead atoms. The topological polar surface area (TPSA) is 62.9 Å². The molecule has 0 unspecified atom stereocenters. The summed E-state index contributed by atoms with van der Waals surface area (Å²) in [6, 6.07) is 17.3. The zero-order valence-electron chi connectivity index (χ0n) is 13.3. The molecule has 0 amide bonds. The molecule has 3 aromatic rings. The molecule has 0 saturated carbocycles. The van der Waals surface area contributed by atoms with E-state index in [0.29, 0.717) is 10.2 Å². The molecule has 130 valence electrons. The minimum Gasteiger partial charge on any atom is -0.314 e. The van der Waals surface area contributed by atoms with Gasteiger partial charge < -0.3 is 4.57 Å². The van der Waals surface area contributed by atoms with E-state index in [1.54, 1.807) is 54.7 Å². The second-order valence-corrected chi connectivity index (χ2v) is 8.17. The maximum atomic E-state index is 14.3. The Morgan fingerprint density at radius 2 is 1.85 bits per heavy atom. The molecule has 0 radical (unpaired) electrons. The smallest absolute Gasteiger partial charge is 0.216 e. The molecule has 0 atom stereocenters. The molecular formula is C19H12BrFN2O2S. The average Bonchev–Trinajstić information content (AvgIpc) is 3.08. The zero-order valence-corrected chi connectivity index (χ0v) is 15.7. The van der Waals surface area contributed by atoms with Crippen LogP contribution in [0.1, 0.15) is 5.69 Å². The lowest BCUT2D eigenvalue weighted by Gasteiger charge is -2.09. The van der Waals surface area contributed by atoms with Gasteiger partial charge in [-0.25, -0.2) is 12.8 Å². The van der Waals surface area contributed by atoms with Crippen molar-refractivity contribution in [3.63, 3.8) is 0 Å². The highest BCUT2D eigenvalue weighted by Crippen LogP contribution is 2.24. The summed E-state index contributed by atoms with van der Waals surface area (Å²) in [5, 5.41) is 9.39. The normalized spacial score (nSPS) is 12.0. The second kappa shape index (κ2) is 7.28. The van der Waals surface area contributed by atoms with Gasteiger partial charge in [-0.2, -0.15) is 5.26 Å². The van der Waals surface area contributed by atoms with Gasteiger partial charge in [0.2, 0.25) is 9.84 Å². The minimum atomic E-state index is -3.96. The van der Waals surface area contributed by atoms with Gasteiger partial charge in [-0.05, 0) is 48.5 Å². The Morgan fingerprint density at radius 3 is 2.50 bits per heavy atom. The highest BCUT2D eigenvalue weighted by Gasteiger charge is 2.21. The van der Waals surface area contributed by atoms with Gasteiger partial charge in [0, 0.05) is 16.4 Å². The summed E-state index contributed by atoms with van der Waals surface area (Å²) in [7, 11) is -3.96. The van der Waals surface area contributed by atoms with Crippen molar-refractivity contribution in [2.45, 2.75) is 4.90 Å². The Balaban J connectivity index is 2.11. The molecule has 0 saturated heterocycles. The van der Waals surface area contributed by atoms with Crippen molar-refractivity contribution >= 4 is 31.8 Å². The van der Waals surface area contributed by atoms with E-state index in [9.17, 15) is 18.1 Å². The third kappa shape index (κ3) is 3.47. The molecule has 1 aromatic heterocycles. The van der Waals surface area contributed by atoms with E-state index in [2.05, 4.69) is 15.9 Å². The number of nitrogens with zero attached hydrogens (tertiary/aromatic N) is 2. The van der Waals surface area contributed by atoms with Gasteiger partial charge in [0.1, 0.15) is 11.9 Å². The van der Waals surface area contributed by atoms with Gasteiger partial charge >= 0.3 is 0 Å². The number of halogens is 2. The monoisotopic (exact) mass is 430 g/mol. The molecule has 1 heterocycles. The van der Waals surface area contributed by atoms with Crippen molar-refractivity contribution < 1.29 is 12.8 Å². The van der Waals surface area contributed by atoms with E-state index < -0.39 is 20.6 Å². The number of rotatable bonds is 4. The molecular weight excluding hydrogens is 419 g/mol. The number of aromatic nitrogens is 1. The maximum absolute atomic E-state index is 14.3. The largest absolute Gasteiger partial charge is 0.314 e. The van der Waals surface area contributed by atoms with E-state index >= 15 is 0 Å². The average molecular weight is 431 g/mol. The van der Waals surface area contributed by atoms with E-state index in [-0.39, 0.29) is 10.6 Å². The van der Waals surface area contributed by atoms with Crippen LogP contribution in [0.3, 0.4) is 0 Å². The summed E-state index contributed by atoms with van der Waals surface area (Å²) < 4.78 is 41.7. The van der Waals surface area contributed by atoms with Crippen LogP contribution in [0.15, 0.2) is 81.1 Å². The van der Waals surface area contributed by atoms with Crippen molar-refractivity contribution in [3.05, 3.63) is 87.7 Å². The number of hydrogen-bond acceptors (Lipinski definition) is 3. The number of nitriles is 1. The third-order valence-corrected chi connectivity index (χ3v) is 5.86.